The van der Waals surface area contributed by atoms with Gasteiger partial charge in [-0.15, -0.1) is 0 Å². The Bertz CT molecular complexity index is 1490. The summed E-state index contributed by atoms with van der Waals surface area (Å²) in [6.07, 6.45) is 85.7. The predicted molar refractivity (Wildman–Crippen MR) is 330 cm³/mol. The van der Waals surface area contributed by atoms with Gasteiger partial charge in [-0.25, -0.2) is 0 Å². The number of hydrogen-bond acceptors (Lipinski definition) is 6. The van der Waals surface area contributed by atoms with Gasteiger partial charge in [-0.1, -0.05) is 285 Å². The first kappa shape index (κ1) is 72.3. The zero-order valence-electron chi connectivity index (χ0n) is 50.0. The van der Waals surface area contributed by atoms with Crippen LogP contribution in [0.1, 0.15) is 310 Å². The molecule has 0 aromatic carbocycles. The number of unbranched alkanes of at least 4 members (excludes halogenated alkanes) is 31. The molecule has 0 amide bonds. The van der Waals surface area contributed by atoms with Crippen molar-refractivity contribution in [1.82, 2.24) is 0 Å². The number of carbonyl (C=O) groups is 3. The van der Waals surface area contributed by atoms with E-state index in [2.05, 4.69) is 118 Å². The molecule has 1 unspecified atom stereocenters. The molecule has 76 heavy (non-hydrogen) atoms. The van der Waals surface area contributed by atoms with E-state index in [1.165, 1.54) is 161 Å². The Hall–Kier alpha value is -3.67. The summed E-state index contributed by atoms with van der Waals surface area (Å²) in [5.74, 6) is -0.915. The molecule has 0 aliphatic carbocycles. The molecule has 0 saturated heterocycles. The topological polar surface area (TPSA) is 78.9 Å². The maximum absolute atomic E-state index is 12.9. The molecule has 0 heterocycles. The highest BCUT2D eigenvalue weighted by molar-refractivity contribution is 5.71. The maximum Gasteiger partial charge on any atom is 0.306 e. The largest absolute Gasteiger partial charge is 0.462 e. The van der Waals surface area contributed by atoms with Gasteiger partial charge in [-0.2, -0.15) is 0 Å². The van der Waals surface area contributed by atoms with Crippen molar-refractivity contribution < 1.29 is 28.6 Å². The summed E-state index contributed by atoms with van der Waals surface area (Å²) in [7, 11) is 0. The average Bonchev–Trinajstić information content (AvgIpc) is 3.42. The zero-order valence-corrected chi connectivity index (χ0v) is 50.0. The van der Waals surface area contributed by atoms with Crippen LogP contribution in [0, 0.1) is 0 Å². The molecule has 0 aromatic heterocycles. The van der Waals surface area contributed by atoms with Crippen molar-refractivity contribution in [2.75, 3.05) is 13.2 Å². The monoisotopic (exact) mass is 1060 g/mol. The minimum atomic E-state index is -0.794. The molecule has 6 heteroatoms. The maximum atomic E-state index is 12.9. The summed E-state index contributed by atoms with van der Waals surface area (Å²) >= 11 is 0. The van der Waals surface area contributed by atoms with Crippen molar-refractivity contribution in [1.29, 1.82) is 0 Å². The van der Waals surface area contributed by atoms with Crippen LogP contribution in [0.4, 0.5) is 0 Å². The molecule has 0 fully saturated rings. The van der Waals surface area contributed by atoms with Gasteiger partial charge in [0.2, 0.25) is 0 Å². The molecule has 0 N–H and O–H groups in total. The van der Waals surface area contributed by atoms with E-state index in [0.717, 1.165) is 109 Å². The highest BCUT2D eigenvalue weighted by atomic mass is 16.6. The minimum absolute atomic E-state index is 0.0888. The molecule has 0 spiro atoms. The second kappa shape index (κ2) is 63.9. The van der Waals surface area contributed by atoms with E-state index >= 15 is 0 Å². The Morgan fingerprint density at radius 1 is 0.276 bits per heavy atom. The lowest BCUT2D eigenvalue weighted by molar-refractivity contribution is -0.167. The van der Waals surface area contributed by atoms with Gasteiger partial charge in [0, 0.05) is 19.3 Å². The molecule has 0 bridgehead atoms. The lowest BCUT2D eigenvalue weighted by Crippen LogP contribution is -2.30. The fourth-order valence-electron chi connectivity index (χ4n) is 9.01. The van der Waals surface area contributed by atoms with Gasteiger partial charge in [0.05, 0.1) is 0 Å². The third-order valence-corrected chi connectivity index (χ3v) is 13.8. The van der Waals surface area contributed by atoms with Crippen LogP contribution in [-0.2, 0) is 28.6 Å². The van der Waals surface area contributed by atoms with Crippen molar-refractivity contribution in [3.8, 4) is 0 Å². The summed E-state index contributed by atoms with van der Waals surface area (Å²) in [6.45, 7) is 6.50. The highest BCUT2D eigenvalue weighted by Gasteiger charge is 2.19. The van der Waals surface area contributed by atoms with E-state index in [1.807, 2.05) is 0 Å². The Balaban J connectivity index is 4.24. The third-order valence-electron chi connectivity index (χ3n) is 13.8. The standard InChI is InChI=1S/C70H120O6/c1-4-7-10-13-16-19-22-24-26-28-30-31-32-33-34-35-36-37-38-39-41-42-44-46-48-51-54-57-60-63-69(72)75-66-67(65-74-68(71)62-59-56-53-50-21-18-15-12-9-6-3)76-70(73)64-61-58-55-52-49-47-45-43-40-29-27-25-23-20-17-14-11-8-5-2/h8,11,17,20,22,24-25,27-28,30,32-33,40,43,47,49,67H,4-7,9-10,12-16,18-19,21,23,26,29,31,34-39,41-42,44-46,48,50-66H2,1-3H3/b11-8-,20-17-,24-22-,27-25-,30-28-,33-32-,43-40-,49-47-. The number of allylic oxidation sites excluding steroid dienone is 16. The van der Waals surface area contributed by atoms with E-state index in [0.29, 0.717) is 12.8 Å². The highest BCUT2D eigenvalue weighted by Crippen LogP contribution is 2.16. The first-order valence-electron chi connectivity index (χ1n) is 32.2. The second-order valence-corrected chi connectivity index (χ2v) is 21.3. The molecule has 0 rings (SSSR count). The quantitative estimate of drug-likeness (QED) is 0.0261. The molecule has 1 atom stereocenters. The van der Waals surface area contributed by atoms with Gasteiger partial charge in [0.25, 0.3) is 0 Å². The summed E-state index contributed by atoms with van der Waals surface area (Å²) in [6, 6.07) is 0. The fraction of sp³-hybridized carbons (Fsp3) is 0.729. The summed E-state index contributed by atoms with van der Waals surface area (Å²) in [4.78, 5) is 38.2. The fourth-order valence-corrected chi connectivity index (χ4v) is 9.01. The lowest BCUT2D eigenvalue weighted by atomic mass is 10.0. The number of ether oxygens (including phenoxy) is 3. The van der Waals surface area contributed by atoms with Gasteiger partial charge >= 0.3 is 17.9 Å². The summed E-state index contributed by atoms with van der Waals surface area (Å²) < 4.78 is 16.9. The number of esters is 3. The summed E-state index contributed by atoms with van der Waals surface area (Å²) in [5.41, 5.74) is 0. The van der Waals surface area contributed by atoms with Gasteiger partial charge in [0.15, 0.2) is 6.10 Å². The van der Waals surface area contributed by atoms with Gasteiger partial charge in [0.1, 0.15) is 13.2 Å². The van der Waals surface area contributed by atoms with Crippen LogP contribution < -0.4 is 0 Å². The first-order valence-corrected chi connectivity index (χ1v) is 32.2. The first-order chi connectivity index (χ1) is 37.5. The van der Waals surface area contributed by atoms with E-state index in [4.69, 9.17) is 14.2 Å². The van der Waals surface area contributed by atoms with E-state index in [9.17, 15) is 14.4 Å². The Morgan fingerprint density at radius 2 is 0.513 bits per heavy atom. The van der Waals surface area contributed by atoms with Gasteiger partial charge in [-0.05, 0) is 103 Å². The van der Waals surface area contributed by atoms with Crippen molar-refractivity contribution in [2.24, 2.45) is 0 Å². The smallest absolute Gasteiger partial charge is 0.306 e. The Kier molecular flexibility index (Phi) is 60.8. The molecule has 0 saturated carbocycles. The molecule has 436 valence electrons. The van der Waals surface area contributed by atoms with E-state index < -0.39 is 6.10 Å². The van der Waals surface area contributed by atoms with E-state index in [-0.39, 0.29) is 37.5 Å². The van der Waals surface area contributed by atoms with Crippen molar-refractivity contribution in [3.63, 3.8) is 0 Å². The SMILES string of the molecule is CC/C=C\C/C=C\C/C=C\C/C=C\C/C=C\CCCCCC(=O)OC(COC(=O)CCCCCCCCCCCC)COC(=O)CCCCCCCCCCCCCCCC/C=C\C/C=C\C/C=C\CCCCCCC. The second-order valence-electron chi connectivity index (χ2n) is 21.3. The van der Waals surface area contributed by atoms with Crippen molar-refractivity contribution in [2.45, 2.75) is 316 Å². The van der Waals surface area contributed by atoms with Gasteiger partial charge < -0.3 is 14.2 Å². The molecule has 0 aliphatic heterocycles. The zero-order chi connectivity index (χ0) is 55.0. The van der Waals surface area contributed by atoms with Crippen molar-refractivity contribution in [3.05, 3.63) is 97.2 Å². The Morgan fingerprint density at radius 3 is 0.816 bits per heavy atom. The molecule has 6 nitrogen and oxygen atoms in total. The number of carbonyl (C=O) groups excluding carboxylic acids is 3. The number of rotatable bonds is 58. The molecular weight excluding hydrogens is 937 g/mol. The molecule has 0 aromatic rings. The lowest BCUT2D eigenvalue weighted by Gasteiger charge is -2.18. The minimum Gasteiger partial charge on any atom is -0.462 e. The van der Waals surface area contributed by atoms with E-state index in [1.54, 1.807) is 0 Å². The van der Waals surface area contributed by atoms with Crippen LogP contribution in [0.15, 0.2) is 97.2 Å². The third kappa shape index (κ3) is 61.2. The van der Waals surface area contributed by atoms with Crippen LogP contribution in [0.3, 0.4) is 0 Å². The van der Waals surface area contributed by atoms with Crippen molar-refractivity contribution >= 4 is 17.9 Å². The summed E-state index contributed by atoms with van der Waals surface area (Å²) in [5, 5.41) is 0. The number of hydrogen-bond donors (Lipinski definition) is 0. The molecular formula is C70H120O6. The van der Waals surface area contributed by atoms with Gasteiger partial charge in [-0.3, -0.25) is 14.4 Å². The molecule has 0 radical (unpaired) electrons. The van der Waals surface area contributed by atoms with Crippen LogP contribution in [0.5, 0.6) is 0 Å². The van der Waals surface area contributed by atoms with Crippen LogP contribution in [-0.4, -0.2) is 37.2 Å². The Labute approximate surface area is 470 Å². The van der Waals surface area contributed by atoms with Crippen LogP contribution in [0.25, 0.3) is 0 Å². The molecule has 0 aliphatic rings. The average molecular weight is 1060 g/mol. The predicted octanol–water partition coefficient (Wildman–Crippen LogP) is 22.0. The van der Waals surface area contributed by atoms with Crippen LogP contribution >= 0.6 is 0 Å². The normalized spacial score (nSPS) is 12.7. The van der Waals surface area contributed by atoms with Crippen LogP contribution in [0.2, 0.25) is 0 Å².